The molecule has 0 saturated carbocycles. The molecule has 6 nitrogen and oxygen atoms in total. The second kappa shape index (κ2) is 12.2. The number of nitrogens with one attached hydrogen (secondary N) is 1. The molecule has 0 radical (unpaired) electrons. The van der Waals surface area contributed by atoms with Crippen molar-refractivity contribution in [2.75, 3.05) is 13.2 Å². The first-order valence-corrected chi connectivity index (χ1v) is 13.8. The van der Waals surface area contributed by atoms with E-state index in [-0.39, 0.29) is 11.9 Å². The number of alkyl carbamates (subject to hydrolysis) is 1. The molecule has 0 spiro atoms. The van der Waals surface area contributed by atoms with Crippen LogP contribution in [0.3, 0.4) is 0 Å². The second-order valence-corrected chi connectivity index (χ2v) is 11.8. The second-order valence-electron chi connectivity index (χ2n) is 11.8. The number of fused-ring (bicyclic) bond motifs is 2. The van der Waals surface area contributed by atoms with Crippen molar-refractivity contribution < 1.29 is 19.1 Å². The summed E-state index contributed by atoms with van der Waals surface area (Å²) < 4.78 is 11.4. The lowest BCUT2D eigenvalue weighted by Crippen LogP contribution is -2.55. The summed E-state index contributed by atoms with van der Waals surface area (Å²) in [7, 11) is 0. The van der Waals surface area contributed by atoms with Crippen LogP contribution in [-0.2, 0) is 27.3 Å². The maximum Gasteiger partial charge on any atom is 0.408 e. The van der Waals surface area contributed by atoms with Crippen LogP contribution in [0.2, 0.25) is 0 Å². The van der Waals surface area contributed by atoms with Gasteiger partial charge in [-0.3, -0.25) is 4.79 Å². The number of amides is 2. The van der Waals surface area contributed by atoms with Crippen LogP contribution >= 0.6 is 0 Å². The first-order chi connectivity index (χ1) is 18.1. The monoisotopic (exact) mass is 518 g/mol. The molecule has 204 valence electrons. The lowest BCUT2D eigenvalue weighted by molar-refractivity contribution is -0.136. The van der Waals surface area contributed by atoms with E-state index in [1.54, 1.807) is 0 Å². The topological polar surface area (TPSA) is 67.9 Å². The number of rotatable bonds is 9. The van der Waals surface area contributed by atoms with Crippen molar-refractivity contribution in [2.24, 2.45) is 5.92 Å². The lowest BCUT2D eigenvalue weighted by Gasteiger charge is -2.40. The zero-order valence-electron chi connectivity index (χ0n) is 23.5. The first kappa shape index (κ1) is 27.9. The molecule has 1 unspecified atom stereocenters. The van der Waals surface area contributed by atoms with Crippen molar-refractivity contribution in [3.63, 3.8) is 0 Å². The maximum atomic E-state index is 14.1. The molecule has 6 heteroatoms. The summed E-state index contributed by atoms with van der Waals surface area (Å²) in [4.78, 5) is 28.8. The van der Waals surface area contributed by atoms with Gasteiger partial charge in [0.1, 0.15) is 11.6 Å². The highest BCUT2D eigenvalue weighted by molar-refractivity contribution is 5.88. The van der Waals surface area contributed by atoms with E-state index in [1.807, 2.05) is 56.0 Å². The SMILES string of the molecule is CC(C)CC1C2=C(CCN1C(=O)[C@@H](CCOCc1ccccc1)NC(=O)OC(C)(C)C)c1ccccc1C2. The standard InChI is InChI=1S/C32H42N2O4/c1-22(2)19-29-27-20-24-13-9-10-14-25(24)26(27)15-17-34(29)30(35)28(33-31(36)38-32(3,4)5)16-18-37-21-23-11-7-6-8-12-23/h6-14,22,28-29H,15-21H2,1-5H3,(H,33,36)/t28-,29?/m1/s1. The lowest BCUT2D eigenvalue weighted by atomic mass is 9.87. The molecule has 1 aliphatic heterocycles. The van der Waals surface area contributed by atoms with E-state index in [4.69, 9.17) is 9.47 Å². The van der Waals surface area contributed by atoms with Gasteiger partial charge in [-0.1, -0.05) is 68.4 Å². The molecule has 2 aliphatic rings. The Balaban J connectivity index is 1.51. The van der Waals surface area contributed by atoms with Crippen LogP contribution in [0, 0.1) is 5.92 Å². The number of nitrogens with zero attached hydrogens (tertiary/aromatic N) is 1. The maximum absolute atomic E-state index is 14.1. The van der Waals surface area contributed by atoms with E-state index in [1.165, 1.54) is 22.3 Å². The van der Waals surface area contributed by atoms with Crippen LogP contribution in [0.4, 0.5) is 4.79 Å². The molecule has 38 heavy (non-hydrogen) atoms. The van der Waals surface area contributed by atoms with Gasteiger partial charge in [-0.05, 0) is 73.8 Å². The van der Waals surface area contributed by atoms with Crippen LogP contribution in [0.5, 0.6) is 0 Å². The minimum Gasteiger partial charge on any atom is -0.444 e. The number of carbonyl (C=O) groups is 2. The predicted molar refractivity (Wildman–Crippen MR) is 151 cm³/mol. The normalized spacial score (nSPS) is 17.7. The van der Waals surface area contributed by atoms with Gasteiger partial charge in [0.2, 0.25) is 5.91 Å². The minimum absolute atomic E-state index is 0.0202. The molecule has 0 bridgehead atoms. The average molecular weight is 519 g/mol. The van der Waals surface area contributed by atoms with Crippen LogP contribution < -0.4 is 5.32 Å². The number of ether oxygens (including phenoxy) is 2. The molecule has 2 aromatic carbocycles. The Morgan fingerprint density at radius 3 is 2.47 bits per heavy atom. The largest absolute Gasteiger partial charge is 0.444 e. The van der Waals surface area contributed by atoms with Gasteiger partial charge in [0.15, 0.2) is 0 Å². The highest BCUT2D eigenvalue weighted by atomic mass is 16.6. The first-order valence-electron chi connectivity index (χ1n) is 13.8. The van der Waals surface area contributed by atoms with E-state index < -0.39 is 17.7 Å². The highest BCUT2D eigenvalue weighted by Gasteiger charge is 2.39. The zero-order chi connectivity index (χ0) is 27.3. The number of benzene rings is 2. The third kappa shape index (κ3) is 7.04. The molecule has 2 atom stereocenters. The van der Waals surface area contributed by atoms with E-state index in [0.717, 1.165) is 24.8 Å². The molecule has 1 aliphatic carbocycles. The highest BCUT2D eigenvalue weighted by Crippen LogP contribution is 2.42. The summed E-state index contributed by atoms with van der Waals surface area (Å²) in [6.07, 6.45) is 2.40. The molecule has 2 aromatic rings. The fraction of sp³-hybridized carbons (Fsp3) is 0.500. The van der Waals surface area contributed by atoms with Gasteiger partial charge < -0.3 is 19.7 Å². The number of hydrogen-bond donors (Lipinski definition) is 1. The number of carbonyl (C=O) groups excluding carboxylic acids is 2. The Morgan fingerprint density at radius 2 is 1.76 bits per heavy atom. The summed E-state index contributed by atoms with van der Waals surface area (Å²) in [5.41, 5.74) is 5.86. The molecular formula is C32H42N2O4. The van der Waals surface area contributed by atoms with E-state index >= 15 is 0 Å². The van der Waals surface area contributed by atoms with Crippen LogP contribution in [0.25, 0.3) is 5.57 Å². The summed E-state index contributed by atoms with van der Waals surface area (Å²) in [6.45, 7) is 11.3. The summed E-state index contributed by atoms with van der Waals surface area (Å²) in [5, 5.41) is 2.87. The van der Waals surface area contributed by atoms with Crippen molar-refractivity contribution in [1.82, 2.24) is 10.2 Å². The number of hydrogen-bond acceptors (Lipinski definition) is 4. The molecule has 0 fully saturated rings. The van der Waals surface area contributed by atoms with Crippen LogP contribution in [0.15, 0.2) is 60.2 Å². The molecule has 0 saturated heterocycles. The smallest absolute Gasteiger partial charge is 0.408 e. The predicted octanol–water partition coefficient (Wildman–Crippen LogP) is 6.14. The quantitative estimate of drug-likeness (QED) is 0.405. The Hall–Kier alpha value is -3.12. The molecule has 0 aromatic heterocycles. The summed E-state index contributed by atoms with van der Waals surface area (Å²) >= 11 is 0. The summed E-state index contributed by atoms with van der Waals surface area (Å²) in [6, 6.07) is 17.8. The van der Waals surface area contributed by atoms with E-state index in [9.17, 15) is 9.59 Å². The Labute approximate surface area is 227 Å². The van der Waals surface area contributed by atoms with Crippen molar-refractivity contribution in [2.45, 2.75) is 84.6 Å². The van der Waals surface area contributed by atoms with Gasteiger partial charge in [-0.15, -0.1) is 0 Å². The molecule has 1 N–H and O–H groups in total. The fourth-order valence-corrected chi connectivity index (χ4v) is 5.50. The van der Waals surface area contributed by atoms with Gasteiger partial charge in [0.25, 0.3) is 0 Å². The Bertz CT molecular complexity index is 1150. The van der Waals surface area contributed by atoms with Gasteiger partial charge in [0.05, 0.1) is 12.6 Å². The zero-order valence-corrected chi connectivity index (χ0v) is 23.5. The van der Waals surface area contributed by atoms with Crippen LogP contribution in [-0.4, -0.2) is 47.7 Å². The molecule has 2 amide bonds. The molecule has 4 rings (SSSR count). The van der Waals surface area contributed by atoms with Gasteiger partial charge >= 0.3 is 6.09 Å². The van der Waals surface area contributed by atoms with Crippen molar-refractivity contribution in [3.8, 4) is 0 Å². The molecular weight excluding hydrogens is 476 g/mol. The van der Waals surface area contributed by atoms with Crippen LogP contribution in [0.1, 0.15) is 70.6 Å². The Kier molecular flexibility index (Phi) is 8.93. The fourth-order valence-electron chi connectivity index (χ4n) is 5.50. The van der Waals surface area contributed by atoms with Crippen molar-refractivity contribution in [1.29, 1.82) is 0 Å². The van der Waals surface area contributed by atoms with Gasteiger partial charge in [0, 0.05) is 19.6 Å². The average Bonchev–Trinajstić information content (AvgIpc) is 3.24. The van der Waals surface area contributed by atoms with Gasteiger partial charge in [-0.2, -0.15) is 0 Å². The third-order valence-electron chi connectivity index (χ3n) is 7.12. The van der Waals surface area contributed by atoms with E-state index in [0.29, 0.717) is 32.1 Å². The summed E-state index contributed by atoms with van der Waals surface area (Å²) in [5.74, 6) is 0.365. The Morgan fingerprint density at radius 1 is 1.05 bits per heavy atom. The third-order valence-corrected chi connectivity index (χ3v) is 7.12. The van der Waals surface area contributed by atoms with Crippen molar-refractivity contribution in [3.05, 3.63) is 76.9 Å². The van der Waals surface area contributed by atoms with Crippen molar-refractivity contribution >= 4 is 17.6 Å². The van der Waals surface area contributed by atoms with E-state index in [2.05, 4.69) is 43.4 Å². The molecule has 1 heterocycles. The minimum atomic E-state index is -0.721. The van der Waals surface area contributed by atoms with Gasteiger partial charge in [-0.25, -0.2) is 4.79 Å².